The molecule has 4 rings (SSSR count). The number of hydrogen-bond acceptors (Lipinski definition) is 5. The first-order chi connectivity index (χ1) is 16.7. The molecule has 34 heavy (non-hydrogen) atoms. The van der Waals surface area contributed by atoms with Gasteiger partial charge in [-0.05, 0) is 16.7 Å². The number of rotatable bonds is 10. The minimum absolute atomic E-state index is 0.161. The van der Waals surface area contributed by atoms with Gasteiger partial charge in [0.2, 0.25) is 0 Å². The Bertz CT molecular complexity index is 912. The Labute approximate surface area is 201 Å². The van der Waals surface area contributed by atoms with Gasteiger partial charge in [0.05, 0.1) is 19.3 Å². The highest BCUT2D eigenvalue weighted by Gasteiger charge is 2.42. The van der Waals surface area contributed by atoms with Crippen molar-refractivity contribution < 1.29 is 24.1 Å². The van der Waals surface area contributed by atoms with E-state index in [1.54, 1.807) is 13.2 Å². The molecule has 1 heterocycles. The molecule has 0 saturated carbocycles. The smallest absolute Gasteiger partial charge is 0.184 e. The van der Waals surface area contributed by atoms with Crippen molar-refractivity contribution in [2.45, 2.75) is 36.6 Å². The molecular weight excluding hydrogens is 428 g/mol. The quantitative estimate of drug-likeness (QED) is 0.351. The van der Waals surface area contributed by atoms with Crippen LogP contribution >= 0.6 is 0 Å². The lowest BCUT2D eigenvalue weighted by Crippen LogP contribution is -2.51. The van der Waals surface area contributed by atoms with Crippen LogP contribution in [0.15, 0.2) is 104 Å². The monoisotopic (exact) mass is 460 g/mol. The molecule has 5 heteroatoms. The maximum absolute atomic E-state index is 10.9. The van der Waals surface area contributed by atoms with Crippen LogP contribution in [0.25, 0.3) is 0 Å². The topological polar surface area (TPSA) is 57.2 Å². The number of aliphatic hydroxyl groups is 1. The molecule has 1 N–H and O–H groups in total. The van der Waals surface area contributed by atoms with Crippen molar-refractivity contribution in [3.63, 3.8) is 0 Å². The maximum atomic E-state index is 10.9. The van der Waals surface area contributed by atoms with Crippen LogP contribution in [0.5, 0.6) is 0 Å². The zero-order chi connectivity index (χ0) is 23.8. The lowest BCUT2D eigenvalue weighted by atomic mass is 9.80. The summed E-state index contributed by atoms with van der Waals surface area (Å²) in [6, 6.07) is 30.4. The summed E-state index contributed by atoms with van der Waals surface area (Å²) in [6.45, 7) is 4.21. The molecule has 1 aliphatic rings. The van der Waals surface area contributed by atoms with Crippen LogP contribution in [-0.4, -0.2) is 50.0 Å². The second-order valence-corrected chi connectivity index (χ2v) is 8.33. The van der Waals surface area contributed by atoms with Gasteiger partial charge < -0.3 is 24.1 Å². The molecular formula is C29H32O5. The highest BCUT2D eigenvalue weighted by atomic mass is 16.7. The first kappa shape index (κ1) is 24.3. The van der Waals surface area contributed by atoms with Crippen molar-refractivity contribution in [2.75, 3.05) is 20.3 Å². The molecule has 178 valence electrons. The van der Waals surface area contributed by atoms with Crippen LogP contribution in [0.3, 0.4) is 0 Å². The minimum atomic E-state index is -0.883. The third-order valence-corrected chi connectivity index (χ3v) is 6.18. The van der Waals surface area contributed by atoms with Gasteiger partial charge in [-0.25, -0.2) is 0 Å². The van der Waals surface area contributed by atoms with Crippen molar-refractivity contribution in [1.82, 2.24) is 0 Å². The van der Waals surface area contributed by atoms with E-state index in [0.29, 0.717) is 13.0 Å². The second-order valence-electron chi connectivity index (χ2n) is 8.33. The minimum Gasteiger partial charge on any atom is -0.390 e. The fourth-order valence-corrected chi connectivity index (χ4v) is 4.52. The summed E-state index contributed by atoms with van der Waals surface area (Å²) >= 11 is 0. The van der Waals surface area contributed by atoms with Crippen molar-refractivity contribution in [3.05, 3.63) is 120 Å². The Morgan fingerprint density at radius 2 is 1.41 bits per heavy atom. The fourth-order valence-electron chi connectivity index (χ4n) is 4.52. The molecule has 3 aromatic carbocycles. The number of ether oxygens (including phenoxy) is 4. The predicted molar refractivity (Wildman–Crippen MR) is 131 cm³/mol. The average Bonchev–Trinajstić information content (AvgIpc) is 2.90. The van der Waals surface area contributed by atoms with E-state index in [9.17, 15) is 5.11 Å². The largest absolute Gasteiger partial charge is 0.390 e. The third kappa shape index (κ3) is 5.14. The van der Waals surface area contributed by atoms with Gasteiger partial charge in [0.25, 0.3) is 0 Å². The Balaban J connectivity index is 1.68. The Morgan fingerprint density at radius 1 is 0.912 bits per heavy atom. The number of aliphatic hydroxyl groups excluding tert-OH is 1. The van der Waals surface area contributed by atoms with Gasteiger partial charge in [0.1, 0.15) is 17.8 Å². The highest BCUT2D eigenvalue weighted by molar-refractivity contribution is 5.47. The number of benzene rings is 3. The van der Waals surface area contributed by atoms with Gasteiger partial charge in [0.15, 0.2) is 6.29 Å². The van der Waals surface area contributed by atoms with Crippen molar-refractivity contribution in [1.29, 1.82) is 0 Å². The lowest BCUT2D eigenvalue weighted by Gasteiger charge is -2.41. The average molecular weight is 461 g/mol. The van der Waals surface area contributed by atoms with E-state index >= 15 is 0 Å². The van der Waals surface area contributed by atoms with E-state index in [1.807, 2.05) is 54.6 Å². The van der Waals surface area contributed by atoms with Gasteiger partial charge in [-0.1, -0.05) is 97.1 Å². The Morgan fingerprint density at radius 3 is 1.85 bits per heavy atom. The Kier molecular flexibility index (Phi) is 8.27. The molecule has 0 unspecified atom stereocenters. The first-order valence-electron chi connectivity index (χ1n) is 11.6. The van der Waals surface area contributed by atoms with Crippen LogP contribution < -0.4 is 0 Å². The molecule has 0 amide bonds. The zero-order valence-corrected chi connectivity index (χ0v) is 19.5. The molecule has 1 fully saturated rings. The normalized spacial score (nSPS) is 22.9. The molecule has 0 aliphatic carbocycles. The first-order valence-corrected chi connectivity index (χ1v) is 11.6. The summed E-state index contributed by atoms with van der Waals surface area (Å²) in [6.07, 6.45) is -0.268. The van der Waals surface area contributed by atoms with Gasteiger partial charge in [0, 0.05) is 13.5 Å². The summed E-state index contributed by atoms with van der Waals surface area (Å²) < 4.78 is 24.2. The highest BCUT2D eigenvalue weighted by Crippen LogP contribution is 2.41. The Hall–Kier alpha value is -2.80. The van der Waals surface area contributed by atoms with Gasteiger partial charge in [-0.3, -0.25) is 0 Å². The van der Waals surface area contributed by atoms with Gasteiger partial charge in [-0.15, -0.1) is 6.58 Å². The van der Waals surface area contributed by atoms with E-state index in [-0.39, 0.29) is 12.7 Å². The van der Waals surface area contributed by atoms with Crippen LogP contribution in [0, 0.1) is 0 Å². The van der Waals surface area contributed by atoms with E-state index in [0.717, 1.165) is 16.7 Å². The molecule has 1 aliphatic heterocycles. The molecule has 1 saturated heterocycles. The van der Waals surface area contributed by atoms with E-state index in [1.165, 1.54) is 0 Å². The van der Waals surface area contributed by atoms with Crippen molar-refractivity contribution >= 4 is 0 Å². The molecule has 0 bridgehead atoms. The zero-order valence-electron chi connectivity index (χ0n) is 19.5. The van der Waals surface area contributed by atoms with Gasteiger partial charge >= 0.3 is 0 Å². The summed E-state index contributed by atoms with van der Waals surface area (Å²) in [5, 5.41) is 10.9. The molecule has 5 nitrogen and oxygen atoms in total. The standard InChI is InChI=1S/C29H32O5/c1-3-19-32-26-20-25(30)27(34-28(26)31-2)21-33-29(22-13-7-4-8-14-22,23-15-9-5-10-16-23)24-17-11-6-12-18-24/h3-18,25-28,30H,1,19-21H2,2H3/t25-,26+,27+,28-/m0/s1. The van der Waals surface area contributed by atoms with E-state index in [4.69, 9.17) is 18.9 Å². The third-order valence-electron chi connectivity index (χ3n) is 6.18. The van der Waals surface area contributed by atoms with Crippen LogP contribution in [0.2, 0.25) is 0 Å². The number of methoxy groups -OCH3 is 1. The van der Waals surface area contributed by atoms with Crippen LogP contribution in [0.4, 0.5) is 0 Å². The summed E-state index contributed by atoms with van der Waals surface area (Å²) in [4.78, 5) is 0. The second kappa shape index (κ2) is 11.6. The predicted octanol–water partition coefficient (Wildman–Crippen LogP) is 4.69. The maximum Gasteiger partial charge on any atom is 0.184 e. The van der Waals surface area contributed by atoms with Crippen molar-refractivity contribution in [2.24, 2.45) is 0 Å². The van der Waals surface area contributed by atoms with Crippen LogP contribution in [-0.2, 0) is 24.5 Å². The summed E-state index contributed by atoms with van der Waals surface area (Å²) in [5.74, 6) is 0. The van der Waals surface area contributed by atoms with E-state index in [2.05, 4.69) is 43.0 Å². The molecule has 3 aromatic rings. The molecule has 4 atom stereocenters. The molecule has 0 radical (unpaired) electrons. The molecule has 0 spiro atoms. The number of hydrogen-bond donors (Lipinski definition) is 1. The molecule has 0 aromatic heterocycles. The summed E-state index contributed by atoms with van der Waals surface area (Å²) in [5.41, 5.74) is 2.10. The summed E-state index contributed by atoms with van der Waals surface area (Å²) in [7, 11) is 1.58. The lowest BCUT2D eigenvalue weighted by molar-refractivity contribution is -0.275. The van der Waals surface area contributed by atoms with Gasteiger partial charge in [-0.2, -0.15) is 0 Å². The van der Waals surface area contributed by atoms with Crippen LogP contribution in [0.1, 0.15) is 23.1 Å². The fraction of sp³-hybridized carbons (Fsp3) is 0.310. The SMILES string of the molecule is C=CCO[C@@H]1C[C@H](O)[C@@H](COC(c2ccccc2)(c2ccccc2)c2ccccc2)O[C@@H]1OC. The van der Waals surface area contributed by atoms with Crippen molar-refractivity contribution in [3.8, 4) is 0 Å². The van der Waals surface area contributed by atoms with E-state index < -0.39 is 24.1 Å².